The smallest absolute Gasteiger partial charge is 0.238 e. The Labute approximate surface area is 150 Å². The average molecular weight is 340 g/mol. The number of likely N-dealkylation sites (N-methyl/N-ethyl adjacent to an activating group) is 1. The van der Waals surface area contributed by atoms with Crippen LogP contribution in [0.1, 0.15) is 55.8 Å². The SMILES string of the molecule is CC(=O)c1ccc(NC(=O)CN(C)C23CC4CC(CC(C4)C2)C3)cc1. The molecule has 134 valence electrons. The van der Waals surface area contributed by atoms with E-state index in [9.17, 15) is 9.59 Å². The average Bonchev–Trinajstić information content (AvgIpc) is 2.54. The fourth-order valence-electron chi connectivity index (χ4n) is 5.90. The summed E-state index contributed by atoms with van der Waals surface area (Å²) in [4.78, 5) is 26.2. The van der Waals surface area contributed by atoms with Gasteiger partial charge < -0.3 is 5.32 Å². The molecule has 0 radical (unpaired) electrons. The first-order chi connectivity index (χ1) is 11.9. The number of nitrogens with zero attached hydrogens (tertiary/aromatic N) is 1. The fraction of sp³-hybridized carbons (Fsp3) is 0.619. The summed E-state index contributed by atoms with van der Waals surface area (Å²) in [5.74, 6) is 2.73. The molecule has 4 fully saturated rings. The van der Waals surface area contributed by atoms with Crippen molar-refractivity contribution < 1.29 is 9.59 Å². The van der Waals surface area contributed by atoms with Crippen LogP contribution in [-0.2, 0) is 4.79 Å². The Kier molecular flexibility index (Phi) is 4.19. The van der Waals surface area contributed by atoms with Crippen LogP contribution in [0.25, 0.3) is 0 Å². The molecule has 0 unspecified atom stereocenters. The lowest BCUT2D eigenvalue weighted by Gasteiger charge is -2.59. The number of hydrogen-bond acceptors (Lipinski definition) is 3. The quantitative estimate of drug-likeness (QED) is 0.831. The van der Waals surface area contributed by atoms with Gasteiger partial charge in [-0.15, -0.1) is 0 Å². The minimum absolute atomic E-state index is 0.0359. The van der Waals surface area contributed by atoms with Gasteiger partial charge in [0, 0.05) is 16.8 Å². The maximum atomic E-state index is 12.5. The third kappa shape index (κ3) is 3.24. The zero-order valence-electron chi connectivity index (χ0n) is 15.3. The van der Waals surface area contributed by atoms with E-state index in [1.165, 1.54) is 38.5 Å². The highest BCUT2D eigenvalue weighted by Crippen LogP contribution is 2.57. The molecule has 4 heteroatoms. The molecule has 1 amide bonds. The Hall–Kier alpha value is -1.68. The van der Waals surface area contributed by atoms with E-state index in [2.05, 4.69) is 17.3 Å². The molecule has 1 N–H and O–H groups in total. The van der Waals surface area contributed by atoms with Crippen LogP contribution in [0.2, 0.25) is 0 Å². The van der Waals surface area contributed by atoms with Crippen LogP contribution in [0, 0.1) is 17.8 Å². The van der Waals surface area contributed by atoms with Crippen molar-refractivity contribution in [1.82, 2.24) is 4.90 Å². The number of Topliss-reactive ketones (excluding diaryl/α,β-unsaturated/α-hetero) is 1. The Morgan fingerprint density at radius 2 is 1.56 bits per heavy atom. The molecule has 4 aliphatic carbocycles. The van der Waals surface area contributed by atoms with Gasteiger partial charge in [0.25, 0.3) is 0 Å². The number of ketones is 1. The largest absolute Gasteiger partial charge is 0.325 e. The summed E-state index contributed by atoms with van der Waals surface area (Å²) in [6.07, 6.45) is 8.08. The number of anilines is 1. The fourth-order valence-corrected chi connectivity index (χ4v) is 5.90. The van der Waals surface area contributed by atoms with Gasteiger partial charge in [0.2, 0.25) is 5.91 Å². The minimum atomic E-state index is 0.0359. The topological polar surface area (TPSA) is 49.4 Å². The summed E-state index contributed by atoms with van der Waals surface area (Å²) in [7, 11) is 2.13. The van der Waals surface area contributed by atoms with Crippen molar-refractivity contribution in [3.8, 4) is 0 Å². The summed E-state index contributed by atoms with van der Waals surface area (Å²) in [5, 5.41) is 2.98. The van der Waals surface area contributed by atoms with Crippen LogP contribution in [-0.4, -0.2) is 35.7 Å². The molecular formula is C21H28N2O2. The molecule has 4 nitrogen and oxygen atoms in total. The van der Waals surface area contributed by atoms with E-state index < -0.39 is 0 Å². The summed E-state index contributed by atoms with van der Waals surface area (Å²) < 4.78 is 0. The molecule has 0 atom stereocenters. The van der Waals surface area contributed by atoms with Crippen LogP contribution in [0.4, 0.5) is 5.69 Å². The van der Waals surface area contributed by atoms with Crippen molar-refractivity contribution in [2.45, 2.75) is 51.0 Å². The lowest BCUT2D eigenvalue weighted by molar-refractivity contribution is -0.123. The van der Waals surface area contributed by atoms with E-state index in [0.717, 1.165) is 23.4 Å². The summed E-state index contributed by atoms with van der Waals surface area (Å²) in [6, 6.07) is 7.14. The highest BCUT2D eigenvalue weighted by molar-refractivity contribution is 5.96. The number of benzene rings is 1. The van der Waals surface area contributed by atoms with Crippen molar-refractivity contribution in [3.05, 3.63) is 29.8 Å². The van der Waals surface area contributed by atoms with Crippen LogP contribution < -0.4 is 5.32 Å². The maximum absolute atomic E-state index is 12.5. The standard InChI is InChI=1S/C21H28N2O2/c1-14(24)18-3-5-19(6-4-18)22-20(25)13-23(2)21-10-15-7-16(11-21)9-17(8-15)12-21/h3-6,15-17H,7-13H2,1-2H3,(H,22,25). The van der Waals surface area contributed by atoms with Crippen LogP contribution in [0.5, 0.6) is 0 Å². The van der Waals surface area contributed by atoms with E-state index in [1.807, 2.05) is 0 Å². The van der Waals surface area contributed by atoms with Gasteiger partial charge >= 0.3 is 0 Å². The lowest BCUT2D eigenvalue weighted by atomic mass is 9.52. The molecule has 4 bridgehead atoms. The molecule has 1 aromatic rings. The first-order valence-corrected chi connectivity index (χ1v) is 9.56. The second-order valence-corrected chi connectivity index (χ2v) is 8.68. The Morgan fingerprint density at radius 1 is 1.04 bits per heavy atom. The Balaban J connectivity index is 1.38. The summed E-state index contributed by atoms with van der Waals surface area (Å²) >= 11 is 0. The molecule has 25 heavy (non-hydrogen) atoms. The second-order valence-electron chi connectivity index (χ2n) is 8.68. The zero-order chi connectivity index (χ0) is 17.6. The third-order valence-electron chi connectivity index (χ3n) is 6.77. The summed E-state index contributed by atoms with van der Waals surface area (Å²) in [5.41, 5.74) is 1.68. The van der Waals surface area contributed by atoms with E-state index in [1.54, 1.807) is 31.2 Å². The van der Waals surface area contributed by atoms with Gasteiger partial charge in [0.15, 0.2) is 5.78 Å². The van der Waals surface area contributed by atoms with Crippen molar-refractivity contribution in [2.75, 3.05) is 18.9 Å². The number of carbonyl (C=O) groups excluding carboxylic acids is 2. The molecule has 0 aliphatic heterocycles. The van der Waals surface area contributed by atoms with Gasteiger partial charge in [-0.25, -0.2) is 0 Å². The lowest BCUT2D eigenvalue weighted by Crippen LogP contribution is -2.59. The molecular weight excluding hydrogens is 312 g/mol. The van der Waals surface area contributed by atoms with Gasteiger partial charge in [-0.2, -0.15) is 0 Å². The summed E-state index contributed by atoms with van der Waals surface area (Å²) in [6.45, 7) is 1.99. The number of nitrogens with one attached hydrogen (secondary N) is 1. The first-order valence-electron chi connectivity index (χ1n) is 9.56. The monoisotopic (exact) mass is 340 g/mol. The second kappa shape index (κ2) is 6.24. The maximum Gasteiger partial charge on any atom is 0.238 e. The molecule has 4 aliphatic rings. The number of hydrogen-bond donors (Lipinski definition) is 1. The Morgan fingerprint density at radius 3 is 2.04 bits per heavy atom. The normalized spacial score (nSPS) is 32.8. The third-order valence-corrected chi connectivity index (χ3v) is 6.77. The zero-order valence-corrected chi connectivity index (χ0v) is 15.3. The van der Waals surface area contributed by atoms with Crippen molar-refractivity contribution in [2.24, 2.45) is 17.8 Å². The van der Waals surface area contributed by atoms with Crippen LogP contribution >= 0.6 is 0 Å². The molecule has 0 spiro atoms. The highest BCUT2D eigenvalue weighted by atomic mass is 16.2. The van der Waals surface area contributed by atoms with Gasteiger partial charge in [-0.3, -0.25) is 14.5 Å². The number of rotatable bonds is 5. The van der Waals surface area contributed by atoms with Crippen molar-refractivity contribution in [3.63, 3.8) is 0 Å². The molecule has 5 rings (SSSR count). The van der Waals surface area contributed by atoms with Gasteiger partial charge in [-0.1, -0.05) is 0 Å². The minimum Gasteiger partial charge on any atom is -0.325 e. The van der Waals surface area contributed by atoms with Gasteiger partial charge in [0.05, 0.1) is 6.54 Å². The predicted molar refractivity (Wildman–Crippen MR) is 98.6 cm³/mol. The number of carbonyl (C=O) groups is 2. The van der Waals surface area contributed by atoms with Crippen LogP contribution in [0.3, 0.4) is 0 Å². The van der Waals surface area contributed by atoms with Crippen molar-refractivity contribution in [1.29, 1.82) is 0 Å². The molecule has 0 saturated heterocycles. The van der Waals surface area contributed by atoms with Crippen molar-refractivity contribution >= 4 is 17.4 Å². The molecule has 0 aromatic heterocycles. The molecule has 0 heterocycles. The van der Waals surface area contributed by atoms with E-state index in [-0.39, 0.29) is 17.2 Å². The first kappa shape index (κ1) is 16.8. The van der Waals surface area contributed by atoms with Crippen LogP contribution in [0.15, 0.2) is 24.3 Å². The predicted octanol–water partition coefficient (Wildman–Crippen LogP) is 3.73. The van der Waals surface area contributed by atoms with Gasteiger partial charge in [0.1, 0.15) is 0 Å². The molecule has 1 aromatic carbocycles. The van der Waals surface area contributed by atoms with E-state index in [0.29, 0.717) is 12.1 Å². The number of amides is 1. The van der Waals surface area contributed by atoms with E-state index >= 15 is 0 Å². The molecule has 4 saturated carbocycles. The van der Waals surface area contributed by atoms with Gasteiger partial charge in [-0.05, 0) is 94.5 Å². The highest BCUT2D eigenvalue weighted by Gasteiger charge is 2.52. The van der Waals surface area contributed by atoms with E-state index in [4.69, 9.17) is 0 Å². The Bertz CT molecular complexity index is 644.